The van der Waals surface area contributed by atoms with Gasteiger partial charge in [0.2, 0.25) is 6.79 Å². The van der Waals surface area contributed by atoms with Gasteiger partial charge in [0.05, 0.1) is 0 Å². The van der Waals surface area contributed by atoms with Crippen molar-refractivity contribution in [2.24, 2.45) is 0 Å². The molecule has 2 heterocycles. The second-order valence-electron chi connectivity index (χ2n) is 5.49. The van der Waals surface area contributed by atoms with E-state index in [2.05, 4.69) is 4.98 Å². The minimum absolute atomic E-state index is 0.0662. The average Bonchev–Trinajstić information content (AvgIpc) is 3.12. The number of rotatable bonds is 3. The number of H-pyrrole nitrogens is 1. The van der Waals surface area contributed by atoms with Crippen LogP contribution in [0.4, 0.5) is 0 Å². The predicted molar refractivity (Wildman–Crippen MR) is 87.3 cm³/mol. The van der Waals surface area contributed by atoms with E-state index >= 15 is 0 Å². The van der Waals surface area contributed by atoms with Gasteiger partial charge in [-0.15, -0.1) is 0 Å². The summed E-state index contributed by atoms with van der Waals surface area (Å²) in [4.78, 5) is 14.4. The van der Waals surface area contributed by atoms with Crippen LogP contribution < -0.4 is 9.47 Å². The van der Waals surface area contributed by atoms with Crippen LogP contribution in [0.3, 0.4) is 0 Å². The highest BCUT2D eigenvalue weighted by Crippen LogP contribution is 2.38. The molecule has 2 aromatic carbocycles. The third-order valence-electron chi connectivity index (χ3n) is 4.01. The maximum atomic E-state index is 11.6. The lowest BCUT2D eigenvalue weighted by Crippen LogP contribution is -2.02. The van der Waals surface area contributed by atoms with Gasteiger partial charge in [-0.3, -0.25) is 0 Å². The van der Waals surface area contributed by atoms with Gasteiger partial charge in [-0.2, -0.15) is 0 Å². The summed E-state index contributed by atoms with van der Waals surface area (Å²) in [6.07, 6.45) is 0.278. The average molecular weight is 346 g/mol. The fraction of sp³-hybridized carbons (Fsp3) is 0.118. The highest BCUT2D eigenvalue weighted by atomic mass is 35.5. The van der Waals surface area contributed by atoms with Gasteiger partial charge in [-0.25, -0.2) is 4.79 Å². The molecule has 1 aliphatic rings. The van der Waals surface area contributed by atoms with Crippen LogP contribution in [0.1, 0.15) is 21.6 Å². The normalized spacial score (nSPS) is 12.7. The first-order valence-electron chi connectivity index (χ1n) is 7.18. The minimum atomic E-state index is -1.07. The van der Waals surface area contributed by atoms with Crippen LogP contribution in [0.25, 0.3) is 10.9 Å². The van der Waals surface area contributed by atoms with Gasteiger partial charge < -0.3 is 24.7 Å². The summed E-state index contributed by atoms with van der Waals surface area (Å²) >= 11 is 6.30. The van der Waals surface area contributed by atoms with Gasteiger partial charge >= 0.3 is 5.97 Å². The second-order valence-corrected chi connectivity index (χ2v) is 5.89. The lowest BCUT2D eigenvalue weighted by atomic mass is 10.0. The Morgan fingerprint density at radius 1 is 1.21 bits per heavy atom. The molecule has 122 valence electrons. The number of aromatic hydroxyl groups is 1. The molecule has 3 aromatic rings. The van der Waals surface area contributed by atoms with Gasteiger partial charge in [0, 0.05) is 28.4 Å². The number of ether oxygens (including phenoxy) is 2. The van der Waals surface area contributed by atoms with E-state index in [1.54, 1.807) is 18.2 Å². The fourth-order valence-corrected chi connectivity index (χ4v) is 3.11. The number of nitrogens with one attached hydrogen (secondary N) is 1. The van der Waals surface area contributed by atoms with Crippen molar-refractivity contribution >= 4 is 28.5 Å². The maximum Gasteiger partial charge on any atom is 0.352 e. The van der Waals surface area contributed by atoms with Crippen molar-refractivity contribution in [1.82, 2.24) is 4.98 Å². The molecule has 0 saturated heterocycles. The first-order valence-corrected chi connectivity index (χ1v) is 7.55. The number of carboxylic acids is 1. The molecule has 0 spiro atoms. The summed E-state index contributed by atoms with van der Waals surface area (Å²) < 4.78 is 10.6. The van der Waals surface area contributed by atoms with Crippen LogP contribution in [0.5, 0.6) is 17.2 Å². The Kier molecular flexibility index (Phi) is 3.28. The molecule has 0 atom stereocenters. The number of fused-ring (bicyclic) bond motifs is 2. The smallest absolute Gasteiger partial charge is 0.352 e. The highest BCUT2D eigenvalue weighted by molar-refractivity contribution is 6.31. The zero-order chi connectivity index (χ0) is 16.8. The Hall–Kier alpha value is -2.86. The number of carboxylic acid groups (broad SMARTS) is 1. The number of carbonyl (C=O) groups is 1. The number of aromatic carboxylic acids is 1. The molecular formula is C17H12ClNO5. The van der Waals surface area contributed by atoms with Crippen LogP contribution in [0, 0.1) is 0 Å². The predicted octanol–water partition coefficient (Wildman–Crippen LogP) is 3.54. The number of benzene rings is 2. The Morgan fingerprint density at radius 3 is 2.71 bits per heavy atom. The van der Waals surface area contributed by atoms with Crippen LogP contribution >= 0.6 is 11.6 Å². The van der Waals surface area contributed by atoms with Crippen molar-refractivity contribution in [2.75, 3.05) is 6.79 Å². The number of halogens is 1. The Labute approximate surface area is 141 Å². The molecule has 0 aliphatic carbocycles. The molecule has 3 N–H and O–H groups in total. The third-order valence-corrected chi connectivity index (χ3v) is 4.36. The molecule has 7 heteroatoms. The zero-order valence-electron chi connectivity index (χ0n) is 12.3. The van der Waals surface area contributed by atoms with Gasteiger partial charge in [0.25, 0.3) is 0 Å². The zero-order valence-corrected chi connectivity index (χ0v) is 13.1. The van der Waals surface area contributed by atoms with Crippen molar-refractivity contribution in [2.45, 2.75) is 6.42 Å². The fourth-order valence-electron chi connectivity index (χ4n) is 2.89. The van der Waals surface area contributed by atoms with E-state index < -0.39 is 5.97 Å². The van der Waals surface area contributed by atoms with Crippen molar-refractivity contribution in [3.05, 3.63) is 52.2 Å². The van der Waals surface area contributed by atoms with Crippen molar-refractivity contribution in [3.8, 4) is 17.2 Å². The van der Waals surface area contributed by atoms with E-state index in [-0.39, 0.29) is 24.7 Å². The molecule has 6 nitrogen and oxygen atoms in total. The second kappa shape index (κ2) is 5.35. The molecule has 0 amide bonds. The Balaban J connectivity index is 1.86. The first-order chi connectivity index (χ1) is 11.5. The molecular weight excluding hydrogens is 334 g/mol. The molecule has 1 aromatic heterocycles. The maximum absolute atomic E-state index is 11.6. The SMILES string of the molecule is O=C(O)c1[nH]c2ccc(O)cc2c1Cc1cc2c(cc1Cl)OCO2. The van der Waals surface area contributed by atoms with Crippen molar-refractivity contribution < 1.29 is 24.5 Å². The van der Waals surface area contributed by atoms with Gasteiger partial charge in [-0.1, -0.05) is 11.6 Å². The summed E-state index contributed by atoms with van der Waals surface area (Å²) in [6, 6.07) is 8.09. The minimum Gasteiger partial charge on any atom is -0.508 e. The molecule has 0 unspecified atom stereocenters. The molecule has 4 rings (SSSR count). The summed E-state index contributed by atoms with van der Waals surface area (Å²) in [6.45, 7) is 0.135. The van der Waals surface area contributed by atoms with E-state index in [0.29, 0.717) is 38.6 Å². The van der Waals surface area contributed by atoms with Crippen molar-refractivity contribution in [1.29, 1.82) is 0 Å². The van der Waals surface area contributed by atoms with E-state index in [1.807, 2.05) is 0 Å². The van der Waals surface area contributed by atoms with E-state index in [4.69, 9.17) is 21.1 Å². The van der Waals surface area contributed by atoms with Crippen molar-refractivity contribution in [3.63, 3.8) is 0 Å². The summed E-state index contributed by atoms with van der Waals surface area (Å²) in [5.74, 6) is 0.141. The third kappa shape index (κ3) is 2.32. The molecule has 0 saturated carbocycles. The summed E-state index contributed by atoms with van der Waals surface area (Å²) in [5.41, 5.74) is 1.98. The number of phenolic OH excluding ortho intramolecular Hbond substituents is 1. The number of hydrogen-bond donors (Lipinski definition) is 3. The number of aromatic amines is 1. The molecule has 0 fully saturated rings. The lowest BCUT2D eigenvalue weighted by Gasteiger charge is -2.07. The Bertz CT molecular complexity index is 979. The standard InChI is InChI=1S/C17H12ClNO5/c18-12-6-15-14(23-7-24-15)4-8(12)3-11-10-5-9(20)1-2-13(10)19-16(11)17(21)22/h1-2,4-6,19-20H,3,7H2,(H,21,22). The Morgan fingerprint density at radius 2 is 1.96 bits per heavy atom. The topological polar surface area (TPSA) is 91.8 Å². The van der Waals surface area contributed by atoms with Crippen LogP contribution in [0.2, 0.25) is 5.02 Å². The van der Waals surface area contributed by atoms with Crippen LogP contribution in [0.15, 0.2) is 30.3 Å². The van der Waals surface area contributed by atoms with Crippen LogP contribution in [-0.2, 0) is 6.42 Å². The molecule has 24 heavy (non-hydrogen) atoms. The highest BCUT2D eigenvalue weighted by Gasteiger charge is 2.21. The molecule has 0 bridgehead atoms. The quantitative estimate of drug-likeness (QED) is 0.675. The number of hydrogen-bond acceptors (Lipinski definition) is 4. The summed E-state index contributed by atoms with van der Waals surface area (Å²) in [7, 11) is 0. The number of aromatic nitrogens is 1. The van der Waals surface area contributed by atoms with Gasteiger partial charge in [-0.05, 0) is 35.4 Å². The lowest BCUT2D eigenvalue weighted by molar-refractivity contribution is 0.0690. The van der Waals surface area contributed by atoms with E-state index in [0.717, 1.165) is 0 Å². The largest absolute Gasteiger partial charge is 0.508 e. The number of phenols is 1. The summed E-state index contributed by atoms with van der Waals surface area (Å²) in [5, 5.41) is 20.3. The van der Waals surface area contributed by atoms with Crippen LogP contribution in [-0.4, -0.2) is 28.0 Å². The first kappa shape index (κ1) is 14.7. The van der Waals surface area contributed by atoms with Gasteiger partial charge in [0.1, 0.15) is 11.4 Å². The van der Waals surface area contributed by atoms with E-state index in [1.165, 1.54) is 12.1 Å². The molecule has 0 radical (unpaired) electrons. The van der Waals surface area contributed by atoms with Gasteiger partial charge in [0.15, 0.2) is 11.5 Å². The monoisotopic (exact) mass is 345 g/mol. The van der Waals surface area contributed by atoms with E-state index in [9.17, 15) is 15.0 Å². The molecule has 1 aliphatic heterocycles.